The van der Waals surface area contributed by atoms with Gasteiger partial charge in [-0.05, 0) is 62.1 Å². The molecule has 1 saturated carbocycles. The van der Waals surface area contributed by atoms with E-state index in [1.165, 1.54) is 41.9 Å². The Morgan fingerprint density at radius 1 is 1.30 bits per heavy atom. The van der Waals surface area contributed by atoms with Crippen LogP contribution in [0.4, 0.5) is 0 Å². The molecule has 1 aromatic carbocycles. The van der Waals surface area contributed by atoms with Gasteiger partial charge in [-0.2, -0.15) is 0 Å². The van der Waals surface area contributed by atoms with Crippen LogP contribution in [0.25, 0.3) is 0 Å². The van der Waals surface area contributed by atoms with Crippen LogP contribution in [0.15, 0.2) is 46.9 Å². The monoisotopic (exact) mass is 326 g/mol. The Hall–Kier alpha value is -0.950. The zero-order valence-electron chi connectivity index (χ0n) is 15.1. The van der Waals surface area contributed by atoms with E-state index in [4.69, 9.17) is 0 Å². The Bertz CT molecular complexity index is 617. The van der Waals surface area contributed by atoms with Gasteiger partial charge in [-0.3, -0.25) is 0 Å². The first-order valence-electron chi connectivity index (χ1n) is 9.16. The van der Waals surface area contributed by atoms with Crippen molar-refractivity contribution in [1.29, 1.82) is 0 Å². The molecule has 0 bridgehead atoms. The minimum Gasteiger partial charge on any atom is -0.125 e. The van der Waals surface area contributed by atoms with Crippen molar-refractivity contribution in [2.24, 2.45) is 5.92 Å². The lowest BCUT2D eigenvalue weighted by Gasteiger charge is -2.32. The fraction of sp³-hybridized carbons (Fsp3) is 0.545. The Morgan fingerprint density at radius 2 is 2.09 bits per heavy atom. The summed E-state index contributed by atoms with van der Waals surface area (Å²) in [6.45, 7) is 9.06. The second-order valence-electron chi connectivity index (χ2n) is 7.63. The third-order valence-corrected chi connectivity index (χ3v) is 6.71. The molecule has 0 aromatic heterocycles. The van der Waals surface area contributed by atoms with Crippen molar-refractivity contribution in [1.82, 2.24) is 0 Å². The molecular weight excluding hydrogens is 296 g/mol. The van der Waals surface area contributed by atoms with E-state index < -0.39 is 0 Å². The highest BCUT2D eigenvalue weighted by Gasteiger charge is 2.44. The molecule has 3 rings (SSSR count). The van der Waals surface area contributed by atoms with Gasteiger partial charge in [-0.15, -0.1) is 11.8 Å². The molecule has 0 nitrogen and oxygen atoms in total. The first-order valence-corrected chi connectivity index (χ1v) is 10.2. The van der Waals surface area contributed by atoms with Gasteiger partial charge in [0, 0.05) is 16.1 Å². The van der Waals surface area contributed by atoms with E-state index in [-0.39, 0.29) is 5.41 Å². The molecule has 0 amide bonds. The third kappa shape index (κ3) is 3.45. The van der Waals surface area contributed by atoms with Crippen molar-refractivity contribution in [2.45, 2.75) is 69.6 Å². The van der Waals surface area contributed by atoms with Gasteiger partial charge in [0.1, 0.15) is 0 Å². The first kappa shape index (κ1) is 16.9. The molecule has 1 aliphatic heterocycles. The number of hydrogen-bond donors (Lipinski definition) is 0. The van der Waals surface area contributed by atoms with Gasteiger partial charge in [0.05, 0.1) is 0 Å². The highest BCUT2D eigenvalue weighted by atomic mass is 32.2. The largest absolute Gasteiger partial charge is 0.125 e. The van der Waals surface area contributed by atoms with Crippen molar-refractivity contribution in [2.75, 3.05) is 5.75 Å². The highest BCUT2D eigenvalue weighted by molar-refractivity contribution is 7.99. The van der Waals surface area contributed by atoms with Crippen LogP contribution in [-0.2, 0) is 5.41 Å². The zero-order chi connectivity index (χ0) is 16.4. The van der Waals surface area contributed by atoms with E-state index in [1.807, 2.05) is 11.8 Å². The second kappa shape index (κ2) is 6.89. The fourth-order valence-electron chi connectivity index (χ4n) is 3.98. The Balaban J connectivity index is 2.02. The van der Waals surface area contributed by atoms with E-state index >= 15 is 0 Å². The van der Waals surface area contributed by atoms with Gasteiger partial charge in [0.15, 0.2) is 0 Å². The van der Waals surface area contributed by atoms with Crippen LogP contribution in [0.2, 0.25) is 0 Å². The lowest BCUT2D eigenvalue weighted by molar-refractivity contribution is 0.423. The minimum atomic E-state index is 0.253. The van der Waals surface area contributed by atoms with Crippen LogP contribution in [0.5, 0.6) is 0 Å². The van der Waals surface area contributed by atoms with Gasteiger partial charge >= 0.3 is 0 Å². The van der Waals surface area contributed by atoms with E-state index in [9.17, 15) is 0 Å². The predicted octanol–water partition coefficient (Wildman–Crippen LogP) is 6.87. The number of benzene rings is 1. The molecule has 124 valence electrons. The van der Waals surface area contributed by atoms with Crippen molar-refractivity contribution in [3.05, 3.63) is 53.1 Å². The summed E-state index contributed by atoms with van der Waals surface area (Å²) in [6, 6.07) is 7.35. The van der Waals surface area contributed by atoms with Gasteiger partial charge in [0.25, 0.3) is 0 Å². The Kier molecular flexibility index (Phi) is 5.06. The maximum atomic E-state index is 2.54. The molecule has 0 saturated heterocycles. The van der Waals surface area contributed by atoms with Gasteiger partial charge < -0.3 is 0 Å². The summed E-state index contributed by atoms with van der Waals surface area (Å²) in [5, 5.41) is 0. The molecule has 0 radical (unpaired) electrons. The van der Waals surface area contributed by atoms with Gasteiger partial charge in [0.2, 0.25) is 0 Å². The molecule has 2 unspecified atom stereocenters. The Labute approximate surface area is 146 Å². The topological polar surface area (TPSA) is 0 Å². The molecule has 0 spiro atoms. The lowest BCUT2D eigenvalue weighted by Crippen LogP contribution is -2.26. The SMILES string of the molecule is CCCC(/C=C\C=C(C)C)(c1ccc2c(c1)C(C)CS2)C1CC1. The summed E-state index contributed by atoms with van der Waals surface area (Å²) in [5.41, 5.74) is 4.78. The minimum absolute atomic E-state index is 0.253. The number of hydrogen-bond acceptors (Lipinski definition) is 1. The predicted molar refractivity (Wildman–Crippen MR) is 103 cm³/mol. The number of thioether (sulfide) groups is 1. The molecule has 0 N–H and O–H groups in total. The average molecular weight is 327 g/mol. The highest BCUT2D eigenvalue weighted by Crippen LogP contribution is 2.52. The third-order valence-electron chi connectivity index (χ3n) is 5.36. The van der Waals surface area contributed by atoms with E-state index in [0.717, 1.165) is 5.92 Å². The fourth-order valence-corrected chi connectivity index (χ4v) is 5.18. The molecule has 23 heavy (non-hydrogen) atoms. The zero-order valence-corrected chi connectivity index (χ0v) is 15.9. The number of rotatable bonds is 6. The summed E-state index contributed by atoms with van der Waals surface area (Å²) in [7, 11) is 0. The maximum absolute atomic E-state index is 2.54. The maximum Gasteiger partial charge on any atom is 0.0163 e. The van der Waals surface area contributed by atoms with E-state index in [0.29, 0.717) is 5.92 Å². The number of fused-ring (bicyclic) bond motifs is 1. The smallest absolute Gasteiger partial charge is 0.0163 e. The van der Waals surface area contributed by atoms with Crippen LogP contribution >= 0.6 is 11.8 Å². The molecule has 1 heterocycles. The quantitative estimate of drug-likeness (QED) is 0.514. The average Bonchev–Trinajstić information content (AvgIpc) is 3.31. The molecular formula is C22H30S. The van der Waals surface area contributed by atoms with Crippen molar-refractivity contribution in [3.63, 3.8) is 0 Å². The van der Waals surface area contributed by atoms with E-state index in [2.05, 4.69) is 64.1 Å². The van der Waals surface area contributed by atoms with E-state index in [1.54, 1.807) is 11.1 Å². The molecule has 2 atom stereocenters. The summed E-state index contributed by atoms with van der Waals surface area (Å²) in [4.78, 5) is 1.51. The van der Waals surface area contributed by atoms with Crippen LogP contribution in [0.1, 0.15) is 70.4 Å². The van der Waals surface area contributed by atoms with Crippen molar-refractivity contribution < 1.29 is 0 Å². The van der Waals surface area contributed by atoms with Crippen molar-refractivity contribution >= 4 is 11.8 Å². The van der Waals surface area contributed by atoms with Crippen LogP contribution in [0, 0.1) is 5.92 Å². The summed E-state index contributed by atoms with van der Waals surface area (Å²) >= 11 is 2.03. The van der Waals surface area contributed by atoms with Crippen LogP contribution in [-0.4, -0.2) is 5.75 Å². The summed E-state index contributed by atoms with van der Waals surface area (Å²) in [5.74, 6) is 2.79. The van der Waals surface area contributed by atoms with Gasteiger partial charge in [-0.25, -0.2) is 0 Å². The second-order valence-corrected chi connectivity index (χ2v) is 8.69. The van der Waals surface area contributed by atoms with Crippen LogP contribution in [0.3, 0.4) is 0 Å². The van der Waals surface area contributed by atoms with Crippen LogP contribution < -0.4 is 0 Å². The molecule has 1 fully saturated rings. The number of allylic oxidation sites excluding steroid dienone is 4. The standard InChI is InChI=1S/C22H30S/c1-5-12-22(18-8-9-18,13-6-7-16(2)3)19-10-11-21-20(14-19)17(4)15-23-21/h6-7,10-11,13-14,17-18H,5,8-9,12,15H2,1-4H3/b13-6-. The Morgan fingerprint density at radius 3 is 2.74 bits per heavy atom. The molecule has 2 aliphatic rings. The molecule has 1 heteroatoms. The van der Waals surface area contributed by atoms with Crippen molar-refractivity contribution in [3.8, 4) is 0 Å². The summed E-state index contributed by atoms with van der Waals surface area (Å²) < 4.78 is 0. The molecule has 1 aromatic rings. The first-order chi connectivity index (χ1) is 11.1. The lowest BCUT2D eigenvalue weighted by atomic mass is 9.71. The molecule has 1 aliphatic carbocycles. The summed E-state index contributed by atoms with van der Waals surface area (Å²) in [6.07, 6.45) is 12.4. The van der Waals surface area contributed by atoms with Gasteiger partial charge in [-0.1, -0.05) is 56.2 Å². The normalized spacial score (nSPS) is 22.9.